The lowest BCUT2D eigenvalue weighted by Gasteiger charge is -2.20. The molecule has 1 aromatic heterocycles. The highest BCUT2D eigenvalue weighted by atomic mass is 15.2. The van der Waals surface area contributed by atoms with Crippen LogP contribution in [0.15, 0.2) is 60.8 Å². The van der Waals surface area contributed by atoms with E-state index in [1.165, 1.54) is 16.3 Å². The lowest BCUT2D eigenvalue weighted by atomic mass is 10.1. The minimum absolute atomic E-state index is 0.844. The highest BCUT2D eigenvalue weighted by Gasteiger charge is 2.09. The van der Waals surface area contributed by atoms with Crippen LogP contribution in [0.1, 0.15) is 5.56 Å². The van der Waals surface area contributed by atoms with Gasteiger partial charge >= 0.3 is 0 Å². The van der Waals surface area contributed by atoms with Gasteiger partial charge in [0.15, 0.2) is 0 Å². The predicted molar refractivity (Wildman–Crippen MR) is 89.8 cm³/mol. The summed E-state index contributed by atoms with van der Waals surface area (Å²) in [6, 6.07) is 18.8. The lowest BCUT2D eigenvalue weighted by molar-refractivity contribution is 0.905. The Hall–Kier alpha value is -2.55. The van der Waals surface area contributed by atoms with Gasteiger partial charge in [-0.2, -0.15) is 0 Å². The van der Waals surface area contributed by atoms with Crippen LogP contribution in [0.4, 0.5) is 11.5 Å². The van der Waals surface area contributed by atoms with Crippen LogP contribution in [-0.2, 0) is 6.54 Å². The van der Waals surface area contributed by atoms with Gasteiger partial charge in [0, 0.05) is 43.3 Å². The molecule has 3 nitrogen and oxygen atoms in total. The average Bonchev–Trinajstić information content (AvgIpc) is 2.54. The maximum absolute atomic E-state index is 4.58. The number of hydrogen-bond acceptors (Lipinski definition) is 3. The van der Waals surface area contributed by atoms with Crippen molar-refractivity contribution in [2.24, 2.45) is 0 Å². The van der Waals surface area contributed by atoms with E-state index in [9.17, 15) is 0 Å². The molecular formula is C18H19N3. The van der Waals surface area contributed by atoms with E-state index in [1.807, 2.05) is 19.3 Å². The van der Waals surface area contributed by atoms with Crippen molar-refractivity contribution in [3.8, 4) is 0 Å². The average molecular weight is 277 g/mol. The fourth-order valence-corrected chi connectivity index (χ4v) is 2.65. The molecule has 0 aliphatic carbocycles. The van der Waals surface area contributed by atoms with E-state index in [2.05, 4.69) is 70.8 Å². The first-order valence-corrected chi connectivity index (χ1v) is 7.10. The summed E-state index contributed by atoms with van der Waals surface area (Å²) in [5.41, 5.74) is 2.41. The van der Waals surface area contributed by atoms with Crippen LogP contribution in [0.5, 0.6) is 0 Å². The second-order valence-corrected chi connectivity index (χ2v) is 5.13. The summed E-state index contributed by atoms with van der Waals surface area (Å²) >= 11 is 0. The molecule has 1 N–H and O–H groups in total. The van der Waals surface area contributed by atoms with E-state index >= 15 is 0 Å². The van der Waals surface area contributed by atoms with E-state index < -0.39 is 0 Å². The second kappa shape index (κ2) is 5.83. The van der Waals surface area contributed by atoms with Gasteiger partial charge in [-0.1, -0.05) is 42.5 Å². The number of nitrogens with one attached hydrogen (secondary N) is 1. The Morgan fingerprint density at radius 3 is 2.52 bits per heavy atom. The molecule has 3 heteroatoms. The Kier molecular flexibility index (Phi) is 3.73. The first-order valence-electron chi connectivity index (χ1n) is 7.10. The van der Waals surface area contributed by atoms with Gasteiger partial charge in [0.1, 0.15) is 5.82 Å². The monoisotopic (exact) mass is 277 g/mol. The Balaban J connectivity index is 2.00. The zero-order chi connectivity index (χ0) is 14.7. The Morgan fingerprint density at radius 1 is 0.952 bits per heavy atom. The van der Waals surface area contributed by atoms with Gasteiger partial charge in [0.05, 0.1) is 0 Å². The van der Waals surface area contributed by atoms with Gasteiger partial charge in [0.25, 0.3) is 0 Å². The van der Waals surface area contributed by atoms with E-state index in [-0.39, 0.29) is 0 Å². The van der Waals surface area contributed by atoms with Gasteiger partial charge in [-0.15, -0.1) is 0 Å². The first-order chi connectivity index (χ1) is 10.3. The molecule has 0 fully saturated rings. The maximum Gasteiger partial charge on any atom is 0.136 e. The Bertz CT molecular complexity index is 738. The van der Waals surface area contributed by atoms with Crippen molar-refractivity contribution in [2.75, 3.05) is 24.3 Å². The quantitative estimate of drug-likeness (QED) is 0.783. The number of pyridine rings is 1. The number of hydrogen-bond donors (Lipinski definition) is 1. The molecule has 0 aliphatic heterocycles. The third-order valence-electron chi connectivity index (χ3n) is 3.68. The highest BCUT2D eigenvalue weighted by Crippen LogP contribution is 2.29. The summed E-state index contributed by atoms with van der Waals surface area (Å²) in [7, 11) is 4.03. The van der Waals surface area contributed by atoms with Crippen LogP contribution in [0, 0.1) is 0 Å². The van der Waals surface area contributed by atoms with Crippen molar-refractivity contribution in [3.63, 3.8) is 0 Å². The Morgan fingerprint density at radius 2 is 1.76 bits per heavy atom. The molecule has 0 amide bonds. The van der Waals surface area contributed by atoms with Gasteiger partial charge < -0.3 is 10.2 Å². The molecule has 0 unspecified atom stereocenters. The predicted octanol–water partition coefficient (Wildman–Crippen LogP) is 3.91. The molecule has 0 saturated heterocycles. The molecule has 0 bridgehead atoms. The number of rotatable bonds is 4. The van der Waals surface area contributed by atoms with Gasteiger partial charge in [-0.3, -0.25) is 0 Å². The molecule has 2 aromatic carbocycles. The summed E-state index contributed by atoms with van der Waals surface area (Å²) in [5, 5.41) is 5.61. The van der Waals surface area contributed by atoms with Gasteiger partial charge in [0.2, 0.25) is 0 Å². The molecule has 0 atom stereocenters. The van der Waals surface area contributed by atoms with E-state index in [1.54, 1.807) is 0 Å². The molecule has 3 rings (SSSR count). The van der Waals surface area contributed by atoms with Crippen molar-refractivity contribution < 1.29 is 0 Å². The Labute approximate surface area is 125 Å². The summed E-state index contributed by atoms with van der Waals surface area (Å²) < 4.78 is 0. The van der Waals surface area contributed by atoms with Crippen LogP contribution in [0.3, 0.4) is 0 Å². The van der Waals surface area contributed by atoms with E-state index in [0.717, 1.165) is 18.1 Å². The van der Waals surface area contributed by atoms with Crippen molar-refractivity contribution >= 4 is 22.3 Å². The minimum atomic E-state index is 0.844. The van der Waals surface area contributed by atoms with Crippen LogP contribution >= 0.6 is 0 Å². The molecule has 0 aliphatic rings. The SMILES string of the molecule is CNc1cccc2c(N(C)Cc3ccccc3)nccc12. The second-order valence-electron chi connectivity index (χ2n) is 5.13. The lowest BCUT2D eigenvalue weighted by Crippen LogP contribution is -2.17. The molecule has 0 radical (unpaired) electrons. The van der Waals surface area contributed by atoms with Crippen molar-refractivity contribution in [3.05, 3.63) is 66.4 Å². The molecule has 1 heterocycles. The molecule has 21 heavy (non-hydrogen) atoms. The third kappa shape index (κ3) is 2.68. The van der Waals surface area contributed by atoms with Crippen LogP contribution < -0.4 is 10.2 Å². The first kappa shape index (κ1) is 13.4. The summed E-state index contributed by atoms with van der Waals surface area (Å²) in [4.78, 5) is 6.77. The number of benzene rings is 2. The zero-order valence-electron chi connectivity index (χ0n) is 12.4. The molecule has 106 valence electrons. The summed E-state index contributed by atoms with van der Waals surface area (Å²) in [5.74, 6) is 1.01. The normalized spacial score (nSPS) is 10.6. The third-order valence-corrected chi connectivity index (χ3v) is 3.68. The number of nitrogens with zero attached hydrogens (tertiary/aromatic N) is 2. The number of aromatic nitrogens is 1. The summed E-state index contributed by atoms with van der Waals surface area (Å²) in [6.45, 7) is 0.844. The van der Waals surface area contributed by atoms with E-state index in [0.29, 0.717) is 0 Å². The van der Waals surface area contributed by atoms with Crippen LogP contribution in [0.2, 0.25) is 0 Å². The molecule has 0 saturated carbocycles. The number of anilines is 2. The molecular weight excluding hydrogens is 258 g/mol. The smallest absolute Gasteiger partial charge is 0.136 e. The fourth-order valence-electron chi connectivity index (χ4n) is 2.65. The number of fused-ring (bicyclic) bond motifs is 1. The van der Waals surface area contributed by atoms with Crippen LogP contribution in [-0.4, -0.2) is 19.1 Å². The van der Waals surface area contributed by atoms with Crippen molar-refractivity contribution in [1.29, 1.82) is 0 Å². The highest BCUT2D eigenvalue weighted by molar-refractivity contribution is 6.00. The van der Waals surface area contributed by atoms with Gasteiger partial charge in [-0.05, 0) is 17.7 Å². The van der Waals surface area contributed by atoms with Crippen molar-refractivity contribution in [2.45, 2.75) is 6.54 Å². The molecule has 0 spiro atoms. The fraction of sp³-hybridized carbons (Fsp3) is 0.167. The minimum Gasteiger partial charge on any atom is -0.388 e. The topological polar surface area (TPSA) is 28.2 Å². The van der Waals surface area contributed by atoms with Crippen molar-refractivity contribution in [1.82, 2.24) is 4.98 Å². The van der Waals surface area contributed by atoms with E-state index in [4.69, 9.17) is 0 Å². The maximum atomic E-state index is 4.58. The standard InChI is InChI=1S/C18H19N3/c1-19-17-10-6-9-16-15(17)11-12-20-18(16)21(2)13-14-7-4-3-5-8-14/h3-12,19H,13H2,1-2H3. The van der Waals surface area contributed by atoms with Crippen LogP contribution in [0.25, 0.3) is 10.8 Å². The largest absolute Gasteiger partial charge is 0.388 e. The molecule has 3 aromatic rings. The zero-order valence-corrected chi connectivity index (χ0v) is 12.4. The van der Waals surface area contributed by atoms with Gasteiger partial charge in [-0.25, -0.2) is 4.98 Å². The summed E-state index contributed by atoms with van der Waals surface area (Å²) in [6.07, 6.45) is 1.88.